The van der Waals surface area contributed by atoms with Crippen molar-refractivity contribution in [2.45, 2.75) is 43.9 Å². The molecule has 0 spiro atoms. The molecule has 1 aliphatic carbocycles. The number of amides is 1. The van der Waals surface area contributed by atoms with Crippen LogP contribution in [0, 0.1) is 5.92 Å². The van der Waals surface area contributed by atoms with Gasteiger partial charge in [-0.15, -0.1) is 0 Å². The molecule has 0 radical (unpaired) electrons. The van der Waals surface area contributed by atoms with E-state index in [1.807, 2.05) is 18.7 Å². The van der Waals surface area contributed by atoms with Gasteiger partial charge in [-0.2, -0.15) is 11.8 Å². The SMILES string of the molecule is CCC(CN)C(=O)NC1CCC(SC)C1. The Kier molecular flexibility index (Phi) is 5.47. The van der Waals surface area contributed by atoms with Crippen LogP contribution < -0.4 is 11.1 Å². The fourth-order valence-electron chi connectivity index (χ4n) is 2.06. The highest BCUT2D eigenvalue weighted by Gasteiger charge is 2.26. The maximum Gasteiger partial charge on any atom is 0.224 e. The van der Waals surface area contributed by atoms with Gasteiger partial charge in [-0.25, -0.2) is 0 Å². The second kappa shape index (κ2) is 6.38. The molecule has 3 nitrogen and oxygen atoms in total. The van der Waals surface area contributed by atoms with Crippen molar-refractivity contribution in [2.75, 3.05) is 12.8 Å². The van der Waals surface area contributed by atoms with E-state index in [4.69, 9.17) is 5.73 Å². The Balaban J connectivity index is 2.32. The molecule has 0 heterocycles. The predicted octanol–water partition coefficient (Wildman–Crippen LogP) is 1.37. The first-order chi connectivity index (χ1) is 7.21. The summed E-state index contributed by atoms with van der Waals surface area (Å²) in [6.07, 6.45) is 6.45. The molecule has 1 fully saturated rings. The van der Waals surface area contributed by atoms with Gasteiger partial charge in [-0.3, -0.25) is 4.79 Å². The maximum atomic E-state index is 11.8. The topological polar surface area (TPSA) is 55.1 Å². The largest absolute Gasteiger partial charge is 0.353 e. The van der Waals surface area contributed by atoms with E-state index < -0.39 is 0 Å². The van der Waals surface area contributed by atoms with E-state index in [1.165, 1.54) is 6.42 Å². The Labute approximate surface area is 96.6 Å². The van der Waals surface area contributed by atoms with Crippen LogP contribution in [0.1, 0.15) is 32.6 Å². The number of rotatable bonds is 5. The van der Waals surface area contributed by atoms with E-state index in [0.29, 0.717) is 12.6 Å². The van der Waals surface area contributed by atoms with Gasteiger partial charge in [0.25, 0.3) is 0 Å². The lowest BCUT2D eigenvalue weighted by Gasteiger charge is -2.17. The second-order valence-electron chi connectivity index (χ2n) is 4.22. The van der Waals surface area contributed by atoms with Crippen molar-refractivity contribution in [3.8, 4) is 0 Å². The lowest BCUT2D eigenvalue weighted by atomic mass is 10.1. The zero-order chi connectivity index (χ0) is 11.3. The zero-order valence-corrected chi connectivity index (χ0v) is 10.5. The van der Waals surface area contributed by atoms with Crippen molar-refractivity contribution < 1.29 is 4.79 Å². The highest BCUT2D eigenvalue weighted by Crippen LogP contribution is 2.28. The molecule has 0 saturated heterocycles. The first-order valence-corrected chi connectivity index (χ1v) is 7.03. The van der Waals surface area contributed by atoms with Crippen LogP contribution in [0.15, 0.2) is 0 Å². The van der Waals surface area contributed by atoms with Gasteiger partial charge in [0.2, 0.25) is 5.91 Å². The molecular weight excluding hydrogens is 208 g/mol. The van der Waals surface area contributed by atoms with Crippen LogP contribution >= 0.6 is 11.8 Å². The van der Waals surface area contributed by atoms with Gasteiger partial charge < -0.3 is 11.1 Å². The summed E-state index contributed by atoms with van der Waals surface area (Å²) >= 11 is 1.91. The van der Waals surface area contributed by atoms with Crippen molar-refractivity contribution in [3.63, 3.8) is 0 Å². The first kappa shape index (κ1) is 12.8. The third kappa shape index (κ3) is 3.68. The highest BCUT2D eigenvalue weighted by molar-refractivity contribution is 7.99. The fourth-order valence-corrected chi connectivity index (χ4v) is 2.86. The standard InChI is InChI=1S/C11H22N2OS/c1-3-8(7-12)11(14)13-9-4-5-10(6-9)15-2/h8-10H,3-7,12H2,1-2H3,(H,13,14). The summed E-state index contributed by atoms with van der Waals surface area (Å²) in [5.74, 6) is 0.144. The van der Waals surface area contributed by atoms with Crippen molar-refractivity contribution in [3.05, 3.63) is 0 Å². The summed E-state index contributed by atoms with van der Waals surface area (Å²) in [7, 11) is 0. The van der Waals surface area contributed by atoms with Gasteiger partial charge >= 0.3 is 0 Å². The van der Waals surface area contributed by atoms with Gasteiger partial charge in [-0.05, 0) is 31.9 Å². The van der Waals surface area contributed by atoms with Crippen LogP contribution in [-0.4, -0.2) is 30.0 Å². The molecule has 1 rings (SSSR count). The molecule has 4 heteroatoms. The monoisotopic (exact) mass is 230 g/mol. The number of nitrogens with two attached hydrogens (primary N) is 1. The molecule has 0 aromatic carbocycles. The number of carbonyl (C=O) groups is 1. The summed E-state index contributed by atoms with van der Waals surface area (Å²) in [6, 6.07) is 0.385. The number of hydrogen-bond acceptors (Lipinski definition) is 3. The van der Waals surface area contributed by atoms with Crippen LogP contribution in [-0.2, 0) is 4.79 Å². The molecular formula is C11H22N2OS. The van der Waals surface area contributed by atoms with Crippen LogP contribution in [0.3, 0.4) is 0 Å². The van der Waals surface area contributed by atoms with Crippen molar-refractivity contribution in [1.82, 2.24) is 5.32 Å². The molecule has 1 saturated carbocycles. The Morgan fingerprint density at radius 2 is 2.33 bits per heavy atom. The summed E-state index contributed by atoms with van der Waals surface area (Å²) in [4.78, 5) is 11.8. The molecule has 3 N–H and O–H groups in total. The van der Waals surface area contributed by atoms with Crippen LogP contribution in [0.4, 0.5) is 0 Å². The molecule has 0 aromatic rings. The first-order valence-electron chi connectivity index (χ1n) is 5.74. The van der Waals surface area contributed by atoms with Gasteiger partial charge in [0.15, 0.2) is 0 Å². The molecule has 88 valence electrons. The van der Waals surface area contributed by atoms with Crippen LogP contribution in [0.2, 0.25) is 0 Å². The summed E-state index contributed by atoms with van der Waals surface area (Å²) in [5, 5.41) is 3.84. The number of nitrogens with one attached hydrogen (secondary N) is 1. The van der Waals surface area contributed by atoms with Crippen molar-refractivity contribution >= 4 is 17.7 Å². The third-order valence-electron chi connectivity index (χ3n) is 3.21. The van der Waals surface area contributed by atoms with E-state index in [0.717, 1.165) is 24.5 Å². The molecule has 3 unspecified atom stereocenters. The Hall–Kier alpha value is -0.220. The molecule has 0 aromatic heterocycles. The number of carbonyl (C=O) groups excluding carboxylic acids is 1. The van der Waals surface area contributed by atoms with Gasteiger partial charge in [-0.1, -0.05) is 6.92 Å². The van der Waals surface area contributed by atoms with Gasteiger partial charge in [0.05, 0.1) is 0 Å². The molecule has 0 bridgehead atoms. The Morgan fingerprint density at radius 3 is 2.80 bits per heavy atom. The van der Waals surface area contributed by atoms with E-state index in [-0.39, 0.29) is 11.8 Å². The predicted molar refractivity (Wildman–Crippen MR) is 65.9 cm³/mol. The minimum absolute atomic E-state index is 0.00155. The lowest BCUT2D eigenvalue weighted by Crippen LogP contribution is -2.40. The quantitative estimate of drug-likeness (QED) is 0.750. The van der Waals surface area contributed by atoms with Crippen LogP contribution in [0.5, 0.6) is 0 Å². The molecule has 0 aliphatic heterocycles. The van der Waals surface area contributed by atoms with E-state index >= 15 is 0 Å². The second-order valence-corrected chi connectivity index (χ2v) is 5.36. The molecule has 3 atom stereocenters. The average Bonchev–Trinajstić information content (AvgIpc) is 2.67. The average molecular weight is 230 g/mol. The summed E-state index contributed by atoms with van der Waals surface area (Å²) < 4.78 is 0. The number of hydrogen-bond donors (Lipinski definition) is 2. The minimum Gasteiger partial charge on any atom is -0.353 e. The van der Waals surface area contributed by atoms with Crippen molar-refractivity contribution in [1.29, 1.82) is 0 Å². The molecule has 1 aliphatic rings. The highest BCUT2D eigenvalue weighted by atomic mass is 32.2. The van der Waals surface area contributed by atoms with Crippen LogP contribution in [0.25, 0.3) is 0 Å². The fraction of sp³-hybridized carbons (Fsp3) is 0.909. The van der Waals surface area contributed by atoms with Gasteiger partial charge in [0, 0.05) is 23.8 Å². The van der Waals surface area contributed by atoms with Crippen molar-refractivity contribution in [2.24, 2.45) is 11.7 Å². The summed E-state index contributed by atoms with van der Waals surface area (Å²) in [6.45, 7) is 2.47. The number of thioether (sulfide) groups is 1. The molecule has 15 heavy (non-hydrogen) atoms. The van der Waals surface area contributed by atoms with E-state index in [2.05, 4.69) is 11.6 Å². The van der Waals surface area contributed by atoms with E-state index in [9.17, 15) is 4.79 Å². The molecule has 1 amide bonds. The normalized spacial score (nSPS) is 27.7. The summed E-state index contributed by atoms with van der Waals surface area (Å²) in [5.41, 5.74) is 5.55. The van der Waals surface area contributed by atoms with E-state index in [1.54, 1.807) is 0 Å². The Morgan fingerprint density at radius 1 is 1.60 bits per heavy atom. The third-order valence-corrected chi connectivity index (χ3v) is 4.31. The zero-order valence-electron chi connectivity index (χ0n) is 9.66. The maximum absolute atomic E-state index is 11.8. The Bertz CT molecular complexity index is 207. The smallest absolute Gasteiger partial charge is 0.224 e. The van der Waals surface area contributed by atoms with Gasteiger partial charge in [0.1, 0.15) is 0 Å². The minimum atomic E-state index is -0.00155. The lowest BCUT2D eigenvalue weighted by molar-refractivity contribution is -0.125.